The van der Waals surface area contributed by atoms with Crippen LogP contribution in [0.5, 0.6) is 5.75 Å². The zero-order valence-corrected chi connectivity index (χ0v) is 18.2. The number of furan rings is 1. The molecule has 2 heterocycles. The Morgan fingerprint density at radius 1 is 1.19 bits per heavy atom. The van der Waals surface area contributed by atoms with E-state index in [0.29, 0.717) is 5.76 Å². The molecule has 1 amide bonds. The van der Waals surface area contributed by atoms with Crippen LogP contribution in [0.15, 0.2) is 59.3 Å². The van der Waals surface area contributed by atoms with Crippen LogP contribution in [0.1, 0.15) is 33.0 Å². The second-order valence-electron chi connectivity index (χ2n) is 7.22. The van der Waals surface area contributed by atoms with E-state index in [1.165, 1.54) is 28.7 Å². The number of rotatable bonds is 7. The number of nitrogens with one attached hydrogen (secondary N) is 1. The van der Waals surface area contributed by atoms with Crippen molar-refractivity contribution in [2.75, 3.05) is 5.32 Å². The molecule has 4 aromatic rings. The van der Waals surface area contributed by atoms with E-state index in [1.807, 2.05) is 32.0 Å². The number of hydrogen-bond donors (Lipinski definition) is 1. The molecule has 0 saturated heterocycles. The van der Waals surface area contributed by atoms with Crippen molar-refractivity contribution in [1.29, 1.82) is 0 Å². The maximum Gasteiger partial charge on any atom is 0.293 e. The maximum absolute atomic E-state index is 13.9. The second-order valence-corrected chi connectivity index (χ2v) is 7.63. The van der Waals surface area contributed by atoms with Crippen LogP contribution in [-0.4, -0.2) is 20.7 Å². The number of amides is 1. The van der Waals surface area contributed by atoms with Crippen molar-refractivity contribution in [2.45, 2.75) is 27.0 Å². The number of carbonyl (C=O) groups excluding carboxylic acids is 1. The highest BCUT2D eigenvalue weighted by molar-refractivity contribution is 6.31. The molecule has 4 rings (SSSR count). The topological polar surface area (TPSA) is 82.2 Å². The predicted octanol–water partition coefficient (Wildman–Crippen LogP) is 5.16. The third-order valence-electron chi connectivity index (χ3n) is 4.89. The summed E-state index contributed by atoms with van der Waals surface area (Å²) in [5, 5.41) is 6.97. The van der Waals surface area contributed by atoms with Gasteiger partial charge in [0, 0.05) is 10.6 Å². The monoisotopic (exact) mass is 454 g/mol. The Labute approximate surface area is 188 Å². The number of anilines is 1. The van der Waals surface area contributed by atoms with Gasteiger partial charge >= 0.3 is 0 Å². The van der Waals surface area contributed by atoms with E-state index in [0.717, 1.165) is 11.3 Å². The summed E-state index contributed by atoms with van der Waals surface area (Å²) in [6, 6.07) is 13.5. The van der Waals surface area contributed by atoms with Crippen LogP contribution in [0.3, 0.4) is 0 Å². The van der Waals surface area contributed by atoms with Gasteiger partial charge in [-0.15, -0.1) is 5.10 Å². The van der Waals surface area contributed by atoms with E-state index in [4.69, 9.17) is 20.8 Å². The average Bonchev–Trinajstić information content (AvgIpc) is 3.41. The fraction of sp³-hybridized carbons (Fsp3) is 0.174. The molecule has 0 radical (unpaired) electrons. The summed E-state index contributed by atoms with van der Waals surface area (Å²) in [6.07, 6.45) is 1.38. The summed E-state index contributed by atoms with van der Waals surface area (Å²) < 4.78 is 26.6. The van der Waals surface area contributed by atoms with Crippen molar-refractivity contribution in [2.24, 2.45) is 0 Å². The van der Waals surface area contributed by atoms with Gasteiger partial charge in [0.2, 0.25) is 5.95 Å². The van der Waals surface area contributed by atoms with Crippen LogP contribution in [0.4, 0.5) is 10.3 Å². The van der Waals surface area contributed by atoms with E-state index < -0.39 is 11.7 Å². The van der Waals surface area contributed by atoms with Crippen LogP contribution in [0.2, 0.25) is 5.02 Å². The minimum absolute atomic E-state index is 0.0618. The van der Waals surface area contributed by atoms with Gasteiger partial charge in [-0.05, 0) is 61.4 Å². The summed E-state index contributed by atoms with van der Waals surface area (Å²) in [4.78, 5) is 16.5. The van der Waals surface area contributed by atoms with Crippen molar-refractivity contribution in [1.82, 2.24) is 14.8 Å². The van der Waals surface area contributed by atoms with Gasteiger partial charge in [0.05, 0.1) is 6.54 Å². The normalized spacial score (nSPS) is 10.9. The summed E-state index contributed by atoms with van der Waals surface area (Å²) >= 11 is 6.04. The molecule has 164 valence electrons. The molecule has 9 heteroatoms. The van der Waals surface area contributed by atoms with Crippen molar-refractivity contribution in [3.05, 3.63) is 93.9 Å². The van der Waals surface area contributed by atoms with Crippen LogP contribution in [0, 0.1) is 19.7 Å². The van der Waals surface area contributed by atoms with Crippen LogP contribution in [-0.2, 0) is 13.2 Å². The van der Waals surface area contributed by atoms with Crippen molar-refractivity contribution in [3.8, 4) is 5.75 Å². The smallest absolute Gasteiger partial charge is 0.293 e. The molecule has 7 nitrogen and oxygen atoms in total. The third kappa shape index (κ3) is 4.97. The third-order valence-corrected chi connectivity index (χ3v) is 5.24. The lowest BCUT2D eigenvalue weighted by atomic mass is 10.1. The molecule has 0 saturated carbocycles. The zero-order valence-electron chi connectivity index (χ0n) is 17.4. The first kappa shape index (κ1) is 21.6. The van der Waals surface area contributed by atoms with Gasteiger partial charge in [0.25, 0.3) is 5.91 Å². The molecule has 0 unspecified atom stereocenters. The molecule has 0 aliphatic heterocycles. The van der Waals surface area contributed by atoms with Gasteiger partial charge in [-0.25, -0.2) is 14.1 Å². The van der Waals surface area contributed by atoms with E-state index in [1.54, 1.807) is 18.2 Å². The first-order valence-corrected chi connectivity index (χ1v) is 10.2. The molecule has 0 fully saturated rings. The number of aryl methyl sites for hydroxylation is 2. The fourth-order valence-electron chi connectivity index (χ4n) is 2.97. The maximum atomic E-state index is 13.9. The Balaban J connectivity index is 1.35. The largest absolute Gasteiger partial charge is 0.486 e. The van der Waals surface area contributed by atoms with Crippen LogP contribution in [0.25, 0.3) is 0 Å². The summed E-state index contributed by atoms with van der Waals surface area (Å²) in [7, 11) is 0. The van der Waals surface area contributed by atoms with Gasteiger partial charge in [0.1, 0.15) is 30.3 Å². The summed E-state index contributed by atoms with van der Waals surface area (Å²) in [6.45, 7) is 4.31. The van der Waals surface area contributed by atoms with Crippen molar-refractivity contribution in [3.63, 3.8) is 0 Å². The molecule has 32 heavy (non-hydrogen) atoms. The van der Waals surface area contributed by atoms with Crippen molar-refractivity contribution >= 4 is 23.5 Å². The molecule has 2 aromatic heterocycles. The SMILES string of the molecule is Cc1ccc(OCc2ccc(C(=O)Nc3ncn(Cc4c(F)cccc4Cl)n3)o2)cc1C. The Hall–Kier alpha value is -3.65. The lowest BCUT2D eigenvalue weighted by molar-refractivity contribution is 0.0991. The number of aromatic nitrogens is 3. The first-order chi connectivity index (χ1) is 15.4. The number of carbonyl (C=O) groups is 1. The molecule has 2 aromatic carbocycles. The van der Waals surface area contributed by atoms with E-state index in [-0.39, 0.29) is 35.4 Å². The minimum Gasteiger partial charge on any atom is -0.486 e. The average molecular weight is 455 g/mol. The first-order valence-electron chi connectivity index (χ1n) is 9.81. The van der Waals surface area contributed by atoms with Gasteiger partial charge in [0.15, 0.2) is 5.76 Å². The number of halogens is 2. The van der Waals surface area contributed by atoms with Crippen LogP contribution < -0.4 is 10.1 Å². The molecule has 0 aliphatic rings. The van der Waals surface area contributed by atoms with E-state index >= 15 is 0 Å². The Kier molecular flexibility index (Phi) is 6.23. The summed E-state index contributed by atoms with van der Waals surface area (Å²) in [5.74, 6) is 0.430. The fourth-order valence-corrected chi connectivity index (χ4v) is 3.20. The van der Waals surface area contributed by atoms with Gasteiger partial charge in [-0.1, -0.05) is 23.7 Å². The van der Waals surface area contributed by atoms with Crippen LogP contribution >= 0.6 is 11.6 Å². The number of ether oxygens (including phenoxy) is 1. The molecular formula is C23H20ClFN4O3. The van der Waals surface area contributed by atoms with Gasteiger partial charge in [-0.2, -0.15) is 0 Å². The molecule has 1 N–H and O–H groups in total. The Morgan fingerprint density at radius 2 is 2.03 bits per heavy atom. The quantitative estimate of drug-likeness (QED) is 0.417. The molecule has 0 atom stereocenters. The highest BCUT2D eigenvalue weighted by Gasteiger charge is 2.15. The highest BCUT2D eigenvalue weighted by Crippen LogP contribution is 2.21. The lowest BCUT2D eigenvalue weighted by Crippen LogP contribution is -2.13. The second kappa shape index (κ2) is 9.23. The van der Waals surface area contributed by atoms with Gasteiger partial charge in [-0.3, -0.25) is 10.1 Å². The predicted molar refractivity (Wildman–Crippen MR) is 117 cm³/mol. The molecule has 0 bridgehead atoms. The Bertz CT molecular complexity index is 1250. The lowest BCUT2D eigenvalue weighted by Gasteiger charge is -2.06. The minimum atomic E-state index is -0.510. The highest BCUT2D eigenvalue weighted by atomic mass is 35.5. The van der Waals surface area contributed by atoms with E-state index in [2.05, 4.69) is 15.4 Å². The number of hydrogen-bond acceptors (Lipinski definition) is 5. The van der Waals surface area contributed by atoms with E-state index in [9.17, 15) is 9.18 Å². The Morgan fingerprint density at radius 3 is 2.81 bits per heavy atom. The molecular weight excluding hydrogens is 435 g/mol. The molecule has 0 aliphatic carbocycles. The number of nitrogens with zero attached hydrogens (tertiary/aromatic N) is 3. The molecule has 0 spiro atoms. The standard InChI is InChI=1S/C23H20ClFN4O3/c1-14-6-7-16(10-15(14)2)31-12-17-8-9-21(32-17)22(30)27-23-26-13-29(28-23)11-18-19(24)4-3-5-20(18)25/h3-10,13H,11-12H2,1-2H3,(H,27,28,30). The van der Waals surface area contributed by atoms with Gasteiger partial charge < -0.3 is 9.15 Å². The number of benzene rings is 2. The summed E-state index contributed by atoms with van der Waals surface area (Å²) in [5.41, 5.74) is 2.60. The van der Waals surface area contributed by atoms with Crippen molar-refractivity contribution < 1.29 is 18.3 Å². The zero-order chi connectivity index (χ0) is 22.7.